The number of ketones is 1. The van der Waals surface area contributed by atoms with Gasteiger partial charge in [-0.15, -0.1) is 0 Å². The average molecular weight is 410 g/mol. The fourth-order valence-electron chi connectivity index (χ4n) is 4.38. The zero-order chi connectivity index (χ0) is 21.2. The highest BCUT2D eigenvalue weighted by Gasteiger charge is 2.49. The summed E-state index contributed by atoms with van der Waals surface area (Å²) >= 11 is 0. The normalized spacial score (nSPS) is 25.5. The summed E-state index contributed by atoms with van der Waals surface area (Å²) in [6.45, 7) is 5.87. The Kier molecular flexibility index (Phi) is 4.18. The van der Waals surface area contributed by atoms with Crippen molar-refractivity contribution in [3.63, 3.8) is 0 Å². The fraction of sp³-hybridized carbons (Fsp3) is 0.348. The van der Waals surface area contributed by atoms with Crippen LogP contribution in [0, 0.1) is 0 Å². The fourth-order valence-corrected chi connectivity index (χ4v) is 4.38. The van der Waals surface area contributed by atoms with E-state index in [-0.39, 0.29) is 11.9 Å². The second kappa shape index (κ2) is 6.67. The zero-order valence-corrected chi connectivity index (χ0v) is 16.9. The lowest BCUT2D eigenvalue weighted by molar-refractivity contribution is -0.112. The number of rotatable bonds is 3. The minimum atomic E-state index is -1.31. The standard InChI is InChI=1S/C23H22O7/c1-10(2)15-8-13-14(28-15)6-5-11-20(24)19-12-7-17(26-3)18(27-4)9-16(12)29-23(25)22(19)30-21(11)13/h5-7,9,15,19,22-23,25H,1,8H2,2-4H3/t15-,19+,22+,23-/m0/s1. The summed E-state index contributed by atoms with van der Waals surface area (Å²) in [6, 6.07) is 6.84. The van der Waals surface area contributed by atoms with Gasteiger partial charge in [0.1, 0.15) is 23.4 Å². The van der Waals surface area contributed by atoms with Crippen molar-refractivity contribution >= 4 is 5.78 Å². The Morgan fingerprint density at radius 3 is 2.53 bits per heavy atom. The third-order valence-corrected chi connectivity index (χ3v) is 5.94. The van der Waals surface area contributed by atoms with Gasteiger partial charge >= 0.3 is 0 Å². The number of methoxy groups -OCH3 is 2. The van der Waals surface area contributed by atoms with Crippen molar-refractivity contribution in [1.82, 2.24) is 0 Å². The molecule has 2 aromatic carbocycles. The van der Waals surface area contributed by atoms with Crippen LogP contribution in [-0.2, 0) is 6.42 Å². The molecule has 156 valence electrons. The van der Waals surface area contributed by atoms with Gasteiger partial charge in [-0.05, 0) is 30.7 Å². The smallest absolute Gasteiger partial charge is 0.235 e. The Balaban J connectivity index is 1.61. The molecule has 0 saturated heterocycles. The van der Waals surface area contributed by atoms with Crippen LogP contribution >= 0.6 is 0 Å². The predicted octanol–water partition coefficient (Wildman–Crippen LogP) is 3.02. The maximum atomic E-state index is 13.6. The van der Waals surface area contributed by atoms with Gasteiger partial charge in [0.15, 0.2) is 23.4 Å². The molecule has 3 aliphatic rings. The molecule has 0 amide bonds. The molecule has 4 atom stereocenters. The summed E-state index contributed by atoms with van der Waals surface area (Å²) in [5.41, 5.74) is 2.78. The minimum Gasteiger partial charge on any atom is -0.493 e. The van der Waals surface area contributed by atoms with Gasteiger partial charge in [-0.25, -0.2) is 0 Å². The van der Waals surface area contributed by atoms with Gasteiger partial charge in [-0.2, -0.15) is 0 Å². The first kappa shape index (κ1) is 18.8. The molecule has 0 aliphatic carbocycles. The summed E-state index contributed by atoms with van der Waals surface area (Å²) in [5, 5.41) is 10.7. The van der Waals surface area contributed by atoms with Crippen molar-refractivity contribution in [3.05, 3.63) is 53.1 Å². The molecular weight excluding hydrogens is 388 g/mol. The molecule has 3 heterocycles. The van der Waals surface area contributed by atoms with Crippen LogP contribution in [0.4, 0.5) is 0 Å². The van der Waals surface area contributed by atoms with E-state index >= 15 is 0 Å². The maximum absolute atomic E-state index is 13.6. The zero-order valence-electron chi connectivity index (χ0n) is 16.9. The molecule has 7 heteroatoms. The second-order valence-electron chi connectivity index (χ2n) is 7.75. The van der Waals surface area contributed by atoms with E-state index in [9.17, 15) is 9.90 Å². The van der Waals surface area contributed by atoms with Crippen molar-refractivity contribution in [2.45, 2.75) is 37.8 Å². The molecule has 1 N–H and O–H groups in total. The first-order valence-electron chi connectivity index (χ1n) is 9.72. The molecule has 0 saturated carbocycles. The molecule has 30 heavy (non-hydrogen) atoms. The molecule has 0 unspecified atom stereocenters. The van der Waals surface area contributed by atoms with Crippen molar-refractivity contribution < 1.29 is 33.6 Å². The molecule has 0 aromatic heterocycles. The Morgan fingerprint density at radius 2 is 1.83 bits per heavy atom. The van der Waals surface area contributed by atoms with E-state index in [1.54, 1.807) is 24.3 Å². The second-order valence-corrected chi connectivity index (χ2v) is 7.75. The van der Waals surface area contributed by atoms with E-state index in [4.69, 9.17) is 23.7 Å². The van der Waals surface area contributed by atoms with E-state index in [0.717, 1.165) is 11.1 Å². The highest BCUT2D eigenvalue weighted by Crippen LogP contribution is 2.50. The van der Waals surface area contributed by atoms with E-state index in [0.29, 0.717) is 46.3 Å². The minimum absolute atomic E-state index is 0.140. The molecule has 0 radical (unpaired) electrons. The quantitative estimate of drug-likeness (QED) is 0.779. The van der Waals surface area contributed by atoms with E-state index in [2.05, 4.69) is 6.58 Å². The summed E-state index contributed by atoms with van der Waals surface area (Å²) < 4.78 is 28.5. The largest absolute Gasteiger partial charge is 0.493 e. The van der Waals surface area contributed by atoms with Gasteiger partial charge in [0.05, 0.1) is 25.7 Å². The lowest BCUT2D eigenvalue weighted by atomic mass is 9.80. The Labute approximate surface area is 173 Å². The maximum Gasteiger partial charge on any atom is 0.235 e. The highest BCUT2D eigenvalue weighted by molar-refractivity contribution is 6.06. The predicted molar refractivity (Wildman–Crippen MR) is 107 cm³/mol. The van der Waals surface area contributed by atoms with Crippen LogP contribution < -0.4 is 23.7 Å². The number of aliphatic hydroxyl groups is 1. The first-order valence-corrected chi connectivity index (χ1v) is 9.72. The molecule has 5 rings (SSSR count). The summed E-state index contributed by atoms with van der Waals surface area (Å²) in [5.74, 6) is 1.55. The van der Waals surface area contributed by atoms with Crippen molar-refractivity contribution in [1.29, 1.82) is 0 Å². The van der Waals surface area contributed by atoms with Gasteiger partial charge in [0.2, 0.25) is 6.29 Å². The number of carbonyl (C=O) groups excluding carboxylic acids is 1. The van der Waals surface area contributed by atoms with Crippen LogP contribution in [0.3, 0.4) is 0 Å². The summed E-state index contributed by atoms with van der Waals surface area (Å²) in [7, 11) is 3.04. The van der Waals surface area contributed by atoms with Crippen LogP contribution in [0.25, 0.3) is 0 Å². The van der Waals surface area contributed by atoms with Gasteiger partial charge in [0, 0.05) is 23.6 Å². The summed E-state index contributed by atoms with van der Waals surface area (Å²) in [4.78, 5) is 13.6. The average Bonchev–Trinajstić information content (AvgIpc) is 3.18. The summed E-state index contributed by atoms with van der Waals surface area (Å²) in [6.07, 6.45) is -1.79. The number of Topliss-reactive ketones (excluding diaryl/α,β-unsaturated/α-hetero) is 1. The Bertz CT molecular complexity index is 1070. The van der Waals surface area contributed by atoms with Crippen molar-refractivity contribution in [2.75, 3.05) is 14.2 Å². The van der Waals surface area contributed by atoms with E-state index < -0.39 is 18.3 Å². The van der Waals surface area contributed by atoms with E-state index in [1.807, 2.05) is 6.92 Å². The van der Waals surface area contributed by atoms with E-state index in [1.165, 1.54) is 14.2 Å². The molecule has 3 aliphatic heterocycles. The molecular formula is C23H22O7. The Morgan fingerprint density at radius 1 is 1.10 bits per heavy atom. The molecule has 0 fully saturated rings. The molecule has 7 nitrogen and oxygen atoms in total. The van der Waals surface area contributed by atoms with Crippen LogP contribution in [0.2, 0.25) is 0 Å². The number of ether oxygens (including phenoxy) is 5. The van der Waals surface area contributed by atoms with Gasteiger partial charge in [-0.3, -0.25) is 4.79 Å². The molecule has 0 bridgehead atoms. The highest BCUT2D eigenvalue weighted by atomic mass is 16.6. The van der Waals surface area contributed by atoms with Crippen LogP contribution in [-0.4, -0.2) is 43.6 Å². The number of fused-ring (bicyclic) bond motifs is 6. The van der Waals surface area contributed by atoms with Crippen LogP contribution in [0.5, 0.6) is 28.7 Å². The van der Waals surface area contributed by atoms with Gasteiger partial charge in [0.25, 0.3) is 0 Å². The number of hydrogen-bond donors (Lipinski definition) is 1. The monoisotopic (exact) mass is 410 g/mol. The Hall–Kier alpha value is -3.19. The van der Waals surface area contributed by atoms with Crippen LogP contribution in [0.1, 0.15) is 34.3 Å². The lowest BCUT2D eigenvalue weighted by Crippen LogP contribution is -2.49. The molecule has 0 spiro atoms. The lowest BCUT2D eigenvalue weighted by Gasteiger charge is -2.40. The first-order chi connectivity index (χ1) is 14.4. The third kappa shape index (κ3) is 2.58. The number of carbonyl (C=O) groups is 1. The van der Waals surface area contributed by atoms with Crippen molar-refractivity contribution in [3.8, 4) is 28.7 Å². The topological polar surface area (TPSA) is 83.5 Å². The number of aliphatic hydroxyl groups excluding tert-OH is 1. The number of hydrogen-bond acceptors (Lipinski definition) is 7. The third-order valence-electron chi connectivity index (χ3n) is 5.94. The van der Waals surface area contributed by atoms with Crippen molar-refractivity contribution in [2.24, 2.45) is 0 Å². The SMILES string of the molecule is C=C(C)[C@@H]1Cc2c(ccc3c2O[C@H]2[C@@H](O)Oc4cc(OC)c(OC)cc4[C@@H]2C3=O)O1. The van der Waals surface area contributed by atoms with Gasteiger partial charge in [-0.1, -0.05) is 6.58 Å². The molecule has 2 aromatic rings. The number of benzene rings is 2. The van der Waals surface area contributed by atoms with Crippen LogP contribution in [0.15, 0.2) is 36.4 Å². The van der Waals surface area contributed by atoms with Gasteiger partial charge < -0.3 is 28.8 Å².